The highest BCUT2D eigenvalue weighted by molar-refractivity contribution is 7.89. The van der Waals surface area contributed by atoms with Gasteiger partial charge in [-0.15, -0.1) is 0 Å². The second kappa shape index (κ2) is 7.19. The monoisotopic (exact) mass is 390 g/mol. The van der Waals surface area contributed by atoms with E-state index in [1.54, 1.807) is 0 Å². The molecule has 0 aliphatic heterocycles. The number of benzene rings is 1. The lowest BCUT2D eigenvalue weighted by Gasteiger charge is -2.42. The smallest absolute Gasteiger partial charge is 0.317 e. The van der Waals surface area contributed by atoms with Crippen LogP contribution in [0.25, 0.3) is 0 Å². The Hall–Kier alpha value is -1.22. The average Bonchev–Trinajstić information content (AvgIpc) is 3.24. The SMILES string of the molecule is O=C(O)CN(CC1CC1)C1CC(NS(=O)(=O)c2ccc(Cl)cc2F)C1. The fraction of sp³-hybridized carbons (Fsp3) is 0.562. The number of sulfonamides is 1. The van der Waals surface area contributed by atoms with Gasteiger partial charge in [0.2, 0.25) is 10.0 Å². The summed E-state index contributed by atoms with van der Waals surface area (Å²) in [5, 5.41) is 9.16. The lowest BCUT2D eigenvalue weighted by molar-refractivity contribution is -0.139. The maximum absolute atomic E-state index is 13.8. The van der Waals surface area contributed by atoms with Gasteiger partial charge in [-0.1, -0.05) is 11.6 Å². The zero-order valence-electron chi connectivity index (χ0n) is 13.5. The average molecular weight is 391 g/mol. The van der Waals surface area contributed by atoms with Crippen molar-refractivity contribution in [2.75, 3.05) is 13.1 Å². The molecule has 0 bridgehead atoms. The molecule has 0 amide bonds. The van der Waals surface area contributed by atoms with Gasteiger partial charge in [-0.3, -0.25) is 9.69 Å². The van der Waals surface area contributed by atoms with E-state index in [1.165, 1.54) is 6.07 Å². The van der Waals surface area contributed by atoms with Crippen molar-refractivity contribution >= 4 is 27.6 Å². The van der Waals surface area contributed by atoms with E-state index in [-0.39, 0.29) is 23.7 Å². The molecule has 6 nitrogen and oxygen atoms in total. The molecule has 2 N–H and O–H groups in total. The minimum absolute atomic E-state index is 0.0353. The van der Waals surface area contributed by atoms with E-state index in [0.29, 0.717) is 18.8 Å². The number of carboxylic acids is 1. The Kier molecular flexibility index (Phi) is 5.34. The van der Waals surface area contributed by atoms with Crippen molar-refractivity contribution in [1.29, 1.82) is 0 Å². The van der Waals surface area contributed by atoms with Gasteiger partial charge in [0.1, 0.15) is 10.7 Å². The molecule has 2 aliphatic rings. The van der Waals surface area contributed by atoms with Crippen LogP contribution in [0.4, 0.5) is 4.39 Å². The molecule has 3 rings (SSSR count). The van der Waals surface area contributed by atoms with E-state index in [1.807, 2.05) is 4.90 Å². The number of carbonyl (C=O) groups is 1. The van der Waals surface area contributed by atoms with Crippen LogP contribution in [0.5, 0.6) is 0 Å². The summed E-state index contributed by atoms with van der Waals surface area (Å²) < 4.78 is 40.9. The number of hydrogen-bond donors (Lipinski definition) is 2. The Balaban J connectivity index is 1.59. The number of nitrogens with one attached hydrogen (secondary N) is 1. The summed E-state index contributed by atoms with van der Waals surface area (Å²) >= 11 is 5.64. The first kappa shape index (κ1) is 18.6. The van der Waals surface area contributed by atoms with Crippen molar-refractivity contribution in [3.05, 3.63) is 29.0 Å². The Bertz CT molecular complexity index is 763. The van der Waals surface area contributed by atoms with Crippen LogP contribution in [0.15, 0.2) is 23.1 Å². The Labute approximate surface area is 151 Å². The van der Waals surface area contributed by atoms with Crippen LogP contribution in [0.1, 0.15) is 25.7 Å². The number of carboxylic acid groups (broad SMARTS) is 1. The summed E-state index contributed by atoms with van der Waals surface area (Å²) in [5.74, 6) is -1.22. The number of nitrogens with zero attached hydrogens (tertiary/aromatic N) is 1. The first-order valence-corrected chi connectivity index (χ1v) is 10.0. The van der Waals surface area contributed by atoms with Gasteiger partial charge >= 0.3 is 5.97 Å². The van der Waals surface area contributed by atoms with Crippen molar-refractivity contribution in [3.8, 4) is 0 Å². The highest BCUT2D eigenvalue weighted by Crippen LogP contribution is 2.34. The highest BCUT2D eigenvalue weighted by atomic mass is 35.5. The van der Waals surface area contributed by atoms with Gasteiger partial charge in [0.25, 0.3) is 0 Å². The van der Waals surface area contributed by atoms with Gasteiger partial charge in [-0.05, 0) is 49.8 Å². The molecule has 0 atom stereocenters. The van der Waals surface area contributed by atoms with E-state index < -0.39 is 26.7 Å². The van der Waals surface area contributed by atoms with Crippen molar-refractivity contribution < 1.29 is 22.7 Å². The number of aliphatic carboxylic acids is 1. The van der Waals surface area contributed by atoms with E-state index in [0.717, 1.165) is 31.5 Å². The van der Waals surface area contributed by atoms with Crippen molar-refractivity contribution in [1.82, 2.24) is 9.62 Å². The topological polar surface area (TPSA) is 86.7 Å². The molecule has 0 aromatic heterocycles. The second-order valence-corrected chi connectivity index (χ2v) is 8.90. The molecule has 2 aliphatic carbocycles. The summed E-state index contributed by atoms with van der Waals surface area (Å²) in [6.45, 7) is 0.703. The van der Waals surface area contributed by atoms with Gasteiger partial charge in [0, 0.05) is 23.7 Å². The van der Waals surface area contributed by atoms with E-state index in [2.05, 4.69) is 4.72 Å². The Morgan fingerprint density at radius 2 is 2.04 bits per heavy atom. The molecule has 1 aromatic carbocycles. The van der Waals surface area contributed by atoms with Gasteiger partial charge in [0.15, 0.2) is 0 Å². The molecular formula is C16H20ClFN2O4S. The van der Waals surface area contributed by atoms with Crippen LogP contribution in [-0.2, 0) is 14.8 Å². The van der Waals surface area contributed by atoms with Crippen LogP contribution < -0.4 is 4.72 Å². The van der Waals surface area contributed by atoms with Gasteiger partial charge < -0.3 is 5.11 Å². The van der Waals surface area contributed by atoms with E-state index >= 15 is 0 Å². The van der Waals surface area contributed by atoms with E-state index in [9.17, 15) is 17.6 Å². The minimum Gasteiger partial charge on any atom is -0.480 e. The molecule has 0 radical (unpaired) electrons. The number of hydrogen-bond acceptors (Lipinski definition) is 4. The Morgan fingerprint density at radius 3 is 2.60 bits per heavy atom. The summed E-state index contributed by atoms with van der Waals surface area (Å²) in [6, 6.07) is 3.15. The predicted octanol–water partition coefficient (Wildman–Crippen LogP) is 2.08. The largest absolute Gasteiger partial charge is 0.480 e. The first-order valence-electron chi connectivity index (χ1n) is 8.18. The van der Waals surface area contributed by atoms with Gasteiger partial charge in [-0.2, -0.15) is 0 Å². The lowest BCUT2D eigenvalue weighted by atomic mass is 9.86. The van der Waals surface area contributed by atoms with E-state index in [4.69, 9.17) is 16.7 Å². The Morgan fingerprint density at radius 1 is 1.36 bits per heavy atom. The quantitative estimate of drug-likeness (QED) is 0.709. The molecule has 9 heteroatoms. The maximum atomic E-state index is 13.8. The maximum Gasteiger partial charge on any atom is 0.317 e. The molecule has 2 fully saturated rings. The molecule has 0 heterocycles. The number of rotatable bonds is 8. The molecule has 0 unspecified atom stereocenters. The molecule has 2 saturated carbocycles. The normalized spacial score (nSPS) is 23.5. The van der Waals surface area contributed by atoms with Crippen molar-refractivity contribution in [3.63, 3.8) is 0 Å². The summed E-state index contributed by atoms with van der Waals surface area (Å²) in [6.07, 6.45) is 3.28. The van der Waals surface area contributed by atoms with Crippen LogP contribution in [0.2, 0.25) is 5.02 Å². The molecular weight excluding hydrogens is 371 g/mol. The predicted molar refractivity (Wildman–Crippen MR) is 90.5 cm³/mol. The minimum atomic E-state index is -3.97. The number of halogens is 2. The lowest BCUT2D eigenvalue weighted by Crippen LogP contribution is -2.55. The molecule has 25 heavy (non-hydrogen) atoms. The highest BCUT2D eigenvalue weighted by Gasteiger charge is 2.39. The van der Waals surface area contributed by atoms with Crippen LogP contribution >= 0.6 is 11.6 Å². The summed E-state index contributed by atoms with van der Waals surface area (Å²) in [4.78, 5) is 12.5. The zero-order valence-corrected chi connectivity index (χ0v) is 15.1. The third-order valence-corrected chi connectivity index (χ3v) is 6.45. The van der Waals surface area contributed by atoms with Crippen LogP contribution in [0, 0.1) is 11.7 Å². The summed E-state index contributed by atoms with van der Waals surface area (Å²) in [7, 11) is -3.97. The molecule has 138 valence electrons. The van der Waals surface area contributed by atoms with Gasteiger partial charge in [-0.25, -0.2) is 17.5 Å². The standard InChI is InChI=1S/C16H20ClFN2O4S/c17-11-3-4-15(14(18)5-11)25(23,24)19-12-6-13(7-12)20(9-16(21)22)8-10-1-2-10/h3-5,10,12-13,19H,1-2,6-9H2,(H,21,22). The zero-order chi connectivity index (χ0) is 18.2. The molecule has 1 aromatic rings. The van der Waals surface area contributed by atoms with Crippen LogP contribution in [0.3, 0.4) is 0 Å². The summed E-state index contributed by atoms with van der Waals surface area (Å²) in [5.41, 5.74) is 0. The first-order chi connectivity index (χ1) is 11.7. The third-order valence-electron chi connectivity index (χ3n) is 4.66. The van der Waals surface area contributed by atoms with Crippen LogP contribution in [-0.4, -0.2) is 49.6 Å². The second-order valence-electron chi connectivity index (χ2n) is 6.78. The molecule has 0 saturated heterocycles. The fourth-order valence-corrected chi connectivity index (χ4v) is 4.59. The third kappa shape index (κ3) is 4.69. The van der Waals surface area contributed by atoms with Gasteiger partial charge in [0.05, 0.1) is 6.54 Å². The van der Waals surface area contributed by atoms with Crippen molar-refractivity contribution in [2.24, 2.45) is 5.92 Å². The van der Waals surface area contributed by atoms with Crippen molar-refractivity contribution in [2.45, 2.75) is 42.7 Å². The molecule has 0 spiro atoms. The fourth-order valence-electron chi connectivity index (χ4n) is 3.11.